The van der Waals surface area contributed by atoms with Crippen LogP contribution in [0.25, 0.3) is 0 Å². The number of benzene rings is 2. The SMILES string of the molecule is CCc1cccc(CNCC(O)C(Cc2cc(F)cc(F)c2)NC(=O)CN2CCNC(=O)C2)c1. The molecular weight excluding hydrogens is 442 g/mol. The van der Waals surface area contributed by atoms with Gasteiger partial charge >= 0.3 is 0 Å². The maximum Gasteiger partial charge on any atom is 0.234 e. The highest BCUT2D eigenvalue weighted by molar-refractivity contribution is 5.82. The average Bonchev–Trinajstić information content (AvgIpc) is 2.78. The summed E-state index contributed by atoms with van der Waals surface area (Å²) in [4.78, 5) is 25.9. The van der Waals surface area contributed by atoms with Gasteiger partial charge in [0.2, 0.25) is 11.8 Å². The molecule has 0 radical (unpaired) electrons. The third-order valence-corrected chi connectivity index (χ3v) is 5.76. The van der Waals surface area contributed by atoms with Crippen LogP contribution in [0.5, 0.6) is 0 Å². The van der Waals surface area contributed by atoms with Gasteiger partial charge in [0.1, 0.15) is 11.6 Å². The van der Waals surface area contributed by atoms with E-state index in [9.17, 15) is 23.5 Å². The smallest absolute Gasteiger partial charge is 0.234 e. The second-order valence-corrected chi connectivity index (χ2v) is 8.59. The predicted octanol–water partition coefficient (Wildman–Crippen LogP) is 1.14. The number of aliphatic hydroxyl groups is 1. The Hall–Kier alpha value is -2.88. The van der Waals surface area contributed by atoms with E-state index in [1.165, 1.54) is 17.7 Å². The standard InChI is InChI=1S/C25H32F2N4O3/c1-2-17-4-3-5-18(8-17)13-28-14-23(32)22(11-19-9-20(26)12-21(27)10-19)30-25(34)16-31-7-6-29-24(33)15-31/h3-5,8-10,12,22-23,28,32H,2,6-7,11,13-16H2,1H3,(H,29,33)(H,30,34). The molecule has 1 fully saturated rings. The first-order valence-corrected chi connectivity index (χ1v) is 11.5. The summed E-state index contributed by atoms with van der Waals surface area (Å²) in [7, 11) is 0. The largest absolute Gasteiger partial charge is 0.390 e. The van der Waals surface area contributed by atoms with Crippen molar-refractivity contribution in [3.8, 4) is 0 Å². The third-order valence-electron chi connectivity index (χ3n) is 5.76. The van der Waals surface area contributed by atoms with E-state index < -0.39 is 23.8 Å². The van der Waals surface area contributed by atoms with Crippen LogP contribution < -0.4 is 16.0 Å². The molecule has 1 saturated heterocycles. The van der Waals surface area contributed by atoms with Gasteiger partial charge in [-0.05, 0) is 41.7 Å². The van der Waals surface area contributed by atoms with Gasteiger partial charge < -0.3 is 21.1 Å². The molecule has 9 heteroatoms. The number of piperazine rings is 1. The number of rotatable bonds is 11. The van der Waals surface area contributed by atoms with Crippen LogP contribution in [0, 0.1) is 11.6 Å². The number of hydrogen-bond acceptors (Lipinski definition) is 5. The molecule has 4 N–H and O–H groups in total. The number of carbonyl (C=O) groups excluding carboxylic acids is 2. The molecule has 2 aromatic carbocycles. The fraction of sp³-hybridized carbons (Fsp3) is 0.440. The lowest BCUT2D eigenvalue weighted by Gasteiger charge is -2.28. The highest BCUT2D eigenvalue weighted by Gasteiger charge is 2.25. The van der Waals surface area contributed by atoms with Gasteiger partial charge in [0, 0.05) is 32.2 Å². The molecule has 0 bridgehead atoms. The van der Waals surface area contributed by atoms with Crippen LogP contribution in [-0.4, -0.2) is 66.7 Å². The zero-order valence-corrected chi connectivity index (χ0v) is 19.3. The zero-order valence-electron chi connectivity index (χ0n) is 19.3. The molecule has 34 heavy (non-hydrogen) atoms. The molecule has 0 aromatic heterocycles. The van der Waals surface area contributed by atoms with Crippen LogP contribution in [0.15, 0.2) is 42.5 Å². The summed E-state index contributed by atoms with van der Waals surface area (Å²) in [5.74, 6) is -1.96. The number of hydrogen-bond donors (Lipinski definition) is 4. The maximum absolute atomic E-state index is 13.7. The van der Waals surface area contributed by atoms with Gasteiger partial charge in [-0.15, -0.1) is 0 Å². The lowest BCUT2D eigenvalue weighted by molar-refractivity contribution is -0.127. The van der Waals surface area contributed by atoms with Crippen LogP contribution in [0.1, 0.15) is 23.6 Å². The van der Waals surface area contributed by atoms with E-state index in [1.807, 2.05) is 18.2 Å². The fourth-order valence-electron chi connectivity index (χ4n) is 4.01. The van der Waals surface area contributed by atoms with Crippen LogP contribution in [0.2, 0.25) is 0 Å². The number of amides is 2. The quantitative estimate of drug-likeness (QED) is 0.392. The summed E-state index contributed by atoms with van der Waals surface area (Å²) < 4.78 is 27.4. The van der Waals surface area contributed by atoms with Crippen molar-refractivity contribution in [2.45, 2.75) is 38.5 Å². The Balaban J connectivity index is 1.62. The zero-order chi connectivity index (χ0) is 24.5. The van der Waals surface area contributed by atoms with E-state index in [-0.39, 0.29) is 37.9 Å². The number of halogens is 2. The highest BCUT2D eigenvalue weighted by atomic mass is 19.1. The molecule has 0 spiro atoms. The van der Waals surface area contributed by atoms with E-state index >= 15 is 0 Å². The second-order valence-electron chi connectivity index (χ2n) is 8.59. The summed E-state index contributed by atoms with van der Waals surface area (Å²) in [5.41, 5.74) is 2.61. The number of aliphatic hydroxyl groups excluding tert-OH is 1. The Morgan fingerprint density at radius 3 is 2.59 bits per heavy atom. The normalized spacial score (nSPS) is 16.1. The van der Waals surface area contributed by atoms with Crippen molar-refractivity contribution >= 4 is 11.8 Å². The first-order chi connectivity index (χ1) is 16.3. The Morgan fingerprint density at radius 2 is 1.88 bits per heavy atom. The van der Waals surface area contributed by atoms with E-state index in [0.29, 0.717) is 25.2 Å². The van der Waals surface area contributed by atoms with Crippen molar-refractivity contribution < 1.29 is 23.5 Å². The van der Waals surface area contributed by atoms with E-state index in [4.69, 9.17) is 0 Å². The number of aryl methyl sites for hydroxylation is 1. The molecule has 2 unspecified atom stereocenters. The van der Waals surface area contributed by atoms with Gasteiger partial charge in [-0.3, -0.25) is 14.5 Å². The van der Waals surface area contributed by atoms with Crippen LogP contribution in [0.4, 0.5) is 8.78 Å². The molecule has 184 valence electrons. The topological polar surface area (TPSA) is 93.7 Å². The maximum atomic E-state index is 13.7. The molecule has 3 rings (SSSR count). The first-order valence-electron chi connectivity index (χ1n) is 11.5. The van der Waals surface area contributed by atoms with E-state index in [2.05, 4.69) is 28.9 Å². The number of nitrogens with zero attached hydrogens (tertiary/aromatic N) is 1. The summed E-state index contributed by atoms with van der Waals surface area (Å²) >= 11 is 0. The fourth-order valence-corrected chi connectivity index (χ4v) is 4.01. The summed E-state index contributed by atoms with van der Waals surface area (Å²) in [6, 6.07) is 10.5. The van der Waals surface area contributed by atoms with Crippen molar-refractivity contribution in [1.29, 1.82) is 0 Å². The lowest BCUT2D eigenvalue weighted by Crippen LogP contribution is -2.54. The van der Waals surface area contributed by atoms with Gasteiger partial charge in [0.25, 0.3) is 0 Å². The van der Waals surface area contributed by atoms with Gasteiger partial charge in [-0.1, -0.05) is 31.2 Å². The van der Waals surface area contributed by atoms with Crippen molar-refractivity contribution in [2.24, 2.45) is 0 Å². The minimum atomic E-state index is -1.01. The van der Waals surface area contributed by atoms with Gasteiger partial charge in [-0.2, -0.15) is 0 Å². The minimum absolute atomic E-state index is 0.00854. The Morgan fingerprint density at radius 1 is 1.15 bits per heavy atom. The van der Waals surface area contributed by atoms with E-state index in [1.54, 1.807) is 4.90 Å². The monoisotopic (exact) mass is 474 g/mol. The molecule has 1 heterocycles. The molecule has 7 nitrogen and oxygen atoms in total. The molecule has 2 amide bonds. The first kappa shape index (κ1) is 25.7. The number of carbonyl (C=O) groups is 2. The Labute approximate surface area is 198 Å². The van der Waals surface area contributed by atoms with Gasteiger partial charge in [0.05, 0.1) is 25.2 Å². The molecule has 2 aromatic rings. The molecule has 1 aliphatic rings. The second kappa shape index (κ2) is 12.5. The Bertz CT molecular complexity index is 968. The highest BCUT2D eigenvalue weighted by Crippen LogP contribution is 2.12. The van der Waals surface area contributed by atoms with E-state index in [0.717, 1.165) is 18.1 Å². The van der Waals surface area contributed by atoms with Crippen molar-refractivity contribution in [3.63, 3.8) is 0 Å². The minimum Gasteiger partial charge on any atom is -0.390 e. The van der Waals surface area contributed by atoms with Crippen LogP contribution >= 0.6 is 0 Å². The van der Waals surface area contributed by atoms with Crippen molar-refractivity contribution in [3.05, 3.63) is 70.8 Å². The molecule has 2 atom stereocenters. The molecule has 1 aliphatic heterocycles. The van der Waals surface area contributed by atoms with Crippen LogP contribution in [-0.2, 0) is 29.0 Å². The average molecular weight is 475 g/mol. The van der Waals surface area contributed by atoms with Gasteiger partial charge in [-0.25, -0.2) is 8.78 Å². The van der Waals surface area contributed by atoms with Crippen molar-refractivity contribution in [2.75, 3.05) is 32.7 Å². The van der Waals surface area contributed by atoms with Crippen molar-refractivity contribution in [1.82, 2.24) is 20.9 Å². The molecule has 0 aliphatic carbocycles. The third kappa shape index (κ3) is 8.16. The van der Waals surface area contributed by atoms with Gasteiger partial charge in [0.15, 0.2) is 0 Å². The van der Waals surface area contributed by atoms with Crippen LogP contribution in [0.3, 0.4) is 0 Å². The Kier molecular flexibility index (Phi) is 9.50. The molecular formula is C25H32F2N4O3. The molecule has 0 saturated carbocycles. The summed E-state index contributed by atoms with van der Waals surface area (Å²) in [5, 5.41) is 19.5. The summed E-state index contributed by atoms with van der Waals surface area (Å²) in [6.45, 7) is 3.90. The predicted molar refractivity (Wildman–Crippen MR) is 125 cm³/mol. The lowest BCUT2D eigenvalue weighted by atomic mass is 10.0. The summed E-state index contributed by atoms with van der Waals surface area (Å²) in [6.07, 6.45) is -0.0306. The number of nitrogens with one attached hydrogen (secondary N) is 3.